The molecule has 0 aliphatic carbocycles. The average molecular weight is 437 g/mol. The summed E-state index contributed by atoms with van der Waals surface area (Å²) in [6, 6.07) is 7.02. The van der Waals surface area contributed by atoms with E-state index in [1.807, 2.05) is 0 Å². The van der Waals surface area contributed by atoms with Gasteiger partial charge in [0.1, 0.15) is 11.2 Å². The molecular weight excluding hydrogens is 423 g/mol. The van der Waals surface area contributed by atoms with E-state index in [2.05, 4.69) is 0 Å². The maximum Gasteiger partial charge on any atom is 0.471 e. The molecule has 5 nitrogen and oxygen atoms in total. The van der Waals surface area contributed by atoms with Crippen molar-refractivity contribution in [2.75, 3.05) is 6.61 Å². The summed E-state index contributed by atoms with van der Waals surface area (Å²) in [5, 5.41) is 19.9. The van der Waals surface area contributed by atoms with E-state index >= 15 is 0 Å². The van der Waals surface area contributed by atoms with Crippen LogP contribution in [0.25, 0.3) is 0 Å². The third-order valence-electron chi connectivity index (χ3n) is 4.88. The number of nitrogens with zero attached hydrogens (tertiary/aromatic N) is 2. The number of carbonyl (C=O) groups is 1. The summed E-state index contributed by atoms with van der Waals surface area (Å²) in [5.41, 5.74) is -5.40. The van der Waals surface area contributed by atoms with Gasteiger partial charge in [0, 0.05) is 11.5 Å². The molecule has 2 rings (SSSR count). The molecule has 1 aliphatic heterocycles. The number of nitrogens with one attached hydrogen (secondary N) is 1. The first-order chi connectivity index (χ1) is 13.7. The van der Waals surface area contributed by atoms with Gasteiger partial charge in [-0.15, -0.1) is 0 Å². The molecule has 0 unspecified atom stereocenters. The van der Waals surface area contributed by atoms with Gasteiger partial charge in [-0.25, -0.2) is 4.39 Å². The number of hydrogen-bond donors (Lipinski definition) is 1. The van der Waals surface area contributed by atoms with Gasteiger partial charge in [0.2, 0.25) is 0 Å². The molecule has 1 amide bonds. The van der Waals surface area contributed by atoms with Gasteiger partial charge in [-0.1, -0.05) is 18.2 Å². The molecule has 1 saturated heterocycles. The molecule has 0 bridgehead atoms. The minimum Gasteiger partial charge on any atom is -0.366 e. The van der Waals surface area contributed by atoms with E-state index in [9.17, 15) is 46.1 Å². The molecule has 0 spiro atoms. The number of carbonyl (C=O) groups excluding carboxylic acids is 1. The van der Waals surface area contributed by atoms with Crippen molar-refractivity contribution in [2.45, 2.75) is 37.3 Å². The van der Waals surface area contributed by atoms with E-state index in [1.54, 1.807) is 0 Å². The molecule has 1 N–H and O–H groups in total. The van der Waals surface area contributed by atoms with E-state index in [0.29, 0.717) is 0 Å². The SMILES string of the molecule is CC(C#N)(C#N)C[C@@H]1[C@@H](C(F)(F)F)OC[C@@]1(NC(=O)C(F)(F)F)c1ccccc1F. The number of nitriles is 2. The molecule has 3 atom stereocenters. The zero-order valence-corrected chi connectivity index (χ0v) is 15.2. The van der Waals surface area contributed by atoms with E-state index in [0.717, 1.165) is 31.2 Å². The highest BCUT2D eigenvalue weighted by Crippen LogP contribution is 2.50. The number of benzene rings is 1. The lowest BCUT2D eigenvalue weighted by molar-refractivity contribution is -0.218. The lowest BCUT2D eigenvalue weighted by Gasteiger charge is -2.39. The van der Waals surface area contributed by atoms with Crippen LogP contribution >= 0.6 is 0 Å². The van der Waals surface area contributed by atoms with Gasteiger partial charge in [-0.05, 0) is 19.4 Å². The normalized spacial score (nSPS) is 24.7. The Labute approximate surface area is 166 Å². The molecule has 1 aromatic carbocycles. The Morgan fingerprint density at radius 3 is 2.23 bits per heavy atom. The van der Waals surface area contributed by atoms with Gasteiger partial charge in [-0.3, -0.25) is 4.79 Å². The molecule has 1 fully saturated rings. The van der Waals surface area contributed by atoms with Crippen LogP contribution in [0.15, 0.2) is 24.3 Å². The third-order valence-corrected chi connectivity index (χ3v) is 4.88. The first-order valence-electron chi connectivity index (χ1n) is 8.35. The topological polar surface area (TPSA) is 85.9 Å². The highest BCUT2D eigenvalue weighted by atomic mass is 19.4. The number of hydrogen-bond acceptors (Lipinski definition) is 4. The minimum absolute atomic E-state index is 0.683. The van der Waals surface area contributed by atoms with Crippen LogP contribution in [0.3, 0.4) is 0 Å². The molecule has 0 aromatic heterocycles. The number of amides is 1. The second kappa shape index (κ2) is 7.76. The van der Waals surface area contributed by atoms with Crippen LogP contribution < -0.4 is 5.32 Å². The number of alkyl halides is 6. The molecule has 1 heterocycles. The summed E-state index contributed by atoms with van der Waals surface area (Å²) in [6.07, 6.45) is -14.3. The van der Waals surface area contributed by atoms with Crippen molar-refractivity contribution in [1.82, 2.24) is 5.32 Å². The molecule has 162 valence electrons. The molecule has 1 aromatic rings. The standard InChI is InChI=1S/C18H14F7N3O2/c1-15(7-26,8-27)6-11-13(17(20,21)22)30-9-16(11,28-14(29)18(23,24)25)10-4-2-3-5-12(10)19/h2-5,11,13H,6,9H2,1H3,(H,28,29)/t11-,13+,16-/m1/s1. The van der Waals surface area contributed by atoms with Crippen LogP contribution in [0.1, 0.15) is 18.9 Å². The smallest absolute Gasteiger partial charge is 0.366 e. The van der Waals surface area contributed by atoms with Crippen molar-refractivity contribution < 1.29 is 40.3 Å². The molecular formula is C18H14F7N3O2. The molecule has 0 radical (unpaired) electrons. The van der Waals surface area contributed by atoms with Crippen LogP contribution in [0.4, 0.5) is 30.7 Å². The maximum atomic E-state index is 14.5. The van der Waals surface area contributed by atoms with Crippen molar-refractivity contribution in [2.24, 2.45) is 11.3 Å². The fraction of sp³-hybridized carbons (Fsp3) is 0.500. The lowest BCUT2D eigenvalue weighted by Crippen LogP contribution is -2.57. The summed E-state index contributed by atoms with van der Waals surface area (Å²) >= 11 is 0. The predicted octanol–water partition coefficient (Wildman–Crippen LogP) is 3.72. The average Bonchev–Trinajstić information content (AvgIpc) is 3.00. The van der Waals surface area contributed by atoms with Crippen LogP contribution in [0.2, 0.25) is 0 Å². The second-order valence-electron chi connectivity index (χ2n) is 7.04. The number of rotatable bonds is 4. The first kappa shape index (κ1) is 23.4. The van der Waals surface area contributed by atoms with Gasteiger partial charge in [-0.2, -0.15) is 36.9 Å². The Bertz CT molecular complexity index is 887. The van der Waals surface area contributed by atoms with Gasteiger partial charge < -0.3 is 10.1 Å². The predicted molar refractivity (Wildman–Crippen MR) is 85.5 cm³/mol. The quantitative estimate of drug-likeness (QED) is 0.728. The van der Waals surface area contributed by atoms with Gasteiger partial charge in [0.25, 0.3) is 0 Å². The van der Waals surface area contributed by atoms with Crippen molar-refractivity contribution in [3.8, 4) is 12.1 Å². The van der Waals surface area contributed by atoms with Crippen molar-refractivity contribution in [3.05, 3.63) is 35.6 Å². The second-order valence-corrected chi connectivity index (χ2v) is 7.04. The van der Waals surface area contributed by atoms with Crippen LogP contribution in [0, 0.1) is 39.8 Å². The van der Waals surface area contributed by atoms with Gasteiger partial charge in [0.15, 0.2) is 6.10 Å². The number of ether oxygens (including phenoxy) is 1. The largest absolute Gasteiger partial charge is 0.471 e. The number of halogens is 7. The van der Waals surface area contributed by atoms with Crippen molar-refractivity contribution >= 4 is 5.91 Å². The Hall–Kier alpha value is -2.86. The van der Waals surface area contributed by atoms with Crippen LogP contribution in [0.5, 0.6) is 0 Å². The van der Waals surface area contributed by atoms with Crippen LogP contribution in [-0.4, -0.2) is 31.0 Å². The van der Waals surface area contributed by atoms with Crippen molar-refractivity contribution in [3.63, 3.8) is 0 Å². The third kappa shape index (κ3) is 4.33. The zero-order valence-electron chi connectivity index (χ0n) is 15.2. The summed E-state index contributed by atoms with van der Waals surface area (Å²) < 4.78 is 98.9. The summed E-state index contributed by atoms with van der Waals surface area (Å²) in [4.78, 5) is 11.7. The summed E-state index contributed by atoms with van der Waals surface area (Å²) in [7, 11) is 0. The Balaban J connectivity index is 2.74. The molecule has 0 saturated carbocycles. The Kier molecular flexibility index (Phi) is 6.06. The van der Waals surface area contributed by atoms with Gasteiger partial charge in [0.05, 0.1) is 24.3 Å². The molecule has 12 heteroatoms. The highest BCUT2D eigenvalue weighted by molar-refractivity contribution is 5.82. The van der Waals surface area contributed by atoms with E-state index in [4.69, 9.17) is 4.74 Å². The van der Waals surface area contributed by atoms with Gasteiger partial charge >= 0.3 is 18.3 Å². The summed E-state index contributed by atoms with van der Waals surface area (Å²) in [6.45, 7) is -0.173. The molecule has 1 aliphatic rings. The fourth-order valence-electron chi connectivity index (χ4n) is 3.43. The van der Waals surface area contributed by atoms with Crippen molar-refractivity contribution in [1.29, 1.82) is 10.5 Å². The zero-order chi connectivity index (χ0) is 23.0. The minimum atomic E-state index is -5.49. The summed E-state index contributed by atoms with van der Waals surface area (Å²) in [5.74, 6) is -5.91. The van der Waals surface area contributed by atoms with Crippen LogP contribution in [-0.2, 0) is 15.1 Å². The Morgan fingerprint density at radius 2 is 1.77 bits per heavy atom. The first-order valence-corrected chi connectivity index (χ1v) is 8.35. The highest BCUT2D eigenvalue weighted by Gasteiger charge is 2.63. The van der Waals surface area contributed by atoms with E-state index in [-0.39, 0.29) is 0 Å². The monoisotopic (exact) mass is 437 g/mol. The fourth-order valence-corrected chi connectivity index (χ4v) is 3.43. The maximum absolute atomic E-state index is 14.5. The molecule has 30 heavy (non-hydrogen) atoms. The lowest BCUT2D eigenvalue weighted by atomic mass is 9.69. The Morgan fingerprint density at radius 1 is 1.20 bits per heavy atom. The van der Waals surface area contributed by atoms with E-state index in [1.165, 1.54) is 17.5 Å². The van der Waals surface area contributed by atoms with E-state index < -0.39 is 65.6 Å².